The first-order valence-corrected chi connectivity index (χ1v) is 14.4. The lowest BCUT2D eigenvalue weighted by atomic mass is 9.69. The number of fused-ring (bicyclic) bond motifs is 14. The lowest BCUT2D eigenvalue weighted by molar-refractivity contribution is 0.477. The van der Waals surface area contributed by atoms with Gasteiger partial charge in [-0.2, -0.15) is 0 Å². The minimum atomic E-state index is -0.552. The van der Waals surface area contributed by atoms with Crippen LogP contribution < -0.4 is 9.64 Å². The Morgan fingerprint density at radius 1 is 0.452 bits per heavy atom. The predicted molar refractivity (Wildman–Crippen MR) is 167 cm³/mol. The SMILES string of the molecule is c1ccc2c(c1)Oc1ccccc1N2c1cccc2c1C1(c3ccccc3-c3ccccc31)c1c-2oc2ccccc12. The molecule has 0 atom stereocenters. The normalized spacial score (nSPS) is 14.5. The van der Waals surface area contributed by atoms with Gasteiger partial charge in [-0.05, 0) is 58.7 Å². The van der Waals surface area contributed by atoms with Crippen LogP contribution in [0.3, 0.4) is 0 Å². The van der Waals surface area contributed by atoms with E-state index in [0.29, 0.717) is 0 Å². The molecule has 1 aromatic heterocycles. The second-order valence-electron chi connectivity index (χ2n) is 11.2. The van der Waals surface area contributed by atoms with Crippen LogP contribution in [0.25, 0.3) is 33.4 Å². The van der Waals surface area contributed by atoms with Gasteiger partial charge in [0.2, 0.25) is 0 Å². The molecule has 10 rings (SSSR count). The van der Waals surface area contributed by atoms with Crippen molar-refractivity contribution >= 4 is 28.0 Å². The number of nitrogens with zero attached hydrogens (tertiary/aromatic N) is 1. The van der Waals surface area contributed by atoms with Gasteiger partial charge >= 0.3 is 0 Å². The van der Waals surface area contributed by atoms with Crippen LogP contribution in [0.15, 0.2) is 144 Å². The second-order valence-corrected chi connectivity index (χ2v) is 11.2. The van der Waals surface area contributed by atoms with E-state index < -0.39 is 5.41 Å². The topological polar surface area (TPSA) is 25.6 Å². The fourth-order valence-electron chi connectivity index (χ4n) is 7.78. The van der Waals surface area contributed by atoms with Gasteiger partial charge in [-0.15, -0.1) is 0 Å². The van der Waals surface area contributed by atoms with Gasteiger partial charge in [-0.1, -0.05) is 103 Å². The smallest absolute Gasteiger partial charge is 0.151 e. The van der Waals surface area contributed by atoms with E-state index in [0.717, 1.165) is 50.9 Å². The van der Waals surface area contributed by atoms with Crippen LogP contribution in [0, 0.1) is 0 Å². The van der Waals surface area contributed by atoms with Crippen molar-refractivity contribution < 1.29 is 9.15 Å². The Hall–Kier alpha value is -5.54. The van der Waals surface area contributed by atoms with Crippen molar-refractivity contribution in [3.8, 4) is 33.9 Å². The van der Waals surface area contributed by atoms with Gasteiger partial charge in [0, 0.05) is 22.1 Å². The van der Waals surface area contributed by atoms with Crippen LogP contribution >= 0.6 is 0 Å². The Morgan fingerprint density at radius 2 is 1.00 bits per heavy atom. The molecular weight excluding hydrogens is 514 g/mol. The summed E-state index contributed by atoms with van der Waals surface area (Å²) in [4.78, 5) is 2.38. The molecule has 3 heteroatoms. The van der Waals surface area contributed by atoms with E-state index in [9.17, 15) is 0 Å². The average molecular weight is 538 g/mol. The Bertz CT molecular complexity index is 2170. The fourth-order valence-corrected chi connectivity index (χ4v) is 7.78. The lowest BCUT2D eigenvalue weighted by Crippen LogP contribution is -2.28. The number of benzene rings is 6. The first-order chi connectivity index (χ1) is 20.9. The number of hydrogen-bond acceptors (Lipinski definition) is 3. The number of anilines is 3. The maximum atomic E-state index is 6.79. The van der Waals surface area contributed by atoms with Crippen molar-refractivity contribution in [3.05, 3.63) is 162 Å². The maximum absolute atomic E-state index is 6.79. The quantitative estimate of drug-likeness (QED) is 0.208. The number of ether oxygens (including phenoxy) is 1. The van der Waals surface area contributed by atoms with E-state index in [2.05, 4.69) is 132 Å². The minimum Gasteiger partial charge on any atom is -0.456 e. The summed E-state index contributed by atoms with van der Waals surface area (Å²) < 4.78 is 13.2. The molecule has 2 aliphatic carbocycles. The van der Waals surface area contributed by atoms with E-state index >= 15 is 0 Å². The lowest BCUT2D eigenvalue weighted by Gasteiger charge is -2.38. The van der Waals surface area contributed by atoms with Crippen LogP contribution in [0.4, 0.5) is 17.1 Å². The van der Waals surface area contributed by atoms with Gasteiger partial charge in [0.25, 0.3) is 0 Å². The molecule has 0 saturated heterocycles. The molecule has 0 bridgehead atoms. The van der Waals surface area contributed by atoms with E-state index in [1.807, 2.05) is 12.1 Å². The summed E-state index contributed by atoms with van der Waals surface area (Å²) in [6.07, 6.45) is 0. The molecule has 0 unspecified atom stereocenters. The number of hydrogen-bond donors (Lipinski definition) is 0. The molecule has 3 aliphatic rings. The summed E-state index contributed by atoms with van der Waals surface area (Å²) in [7, 11) is 0. The van der Waals surface area contributed by atoms with Crippen molar-refractivity contribution in [1.82, 2.24) is 0 Å². The molecule has 0 radical (unpaired) electrons. The number of furan rings is 1. The Balaban J connectivity index is 1.40. The molecule has 6 aromatic carbocycles. The molecule has 196 valence electrons. The van der Waals surface area contributed by atoms with Crippen LogP contribution in [0.1, 0.15) is 22.3 Å². The highest BCUT2D eigenvalue weighted by atomic mass is 16.5. The largest absolute Gasteiger partial charge is 0.456 e. The van der Waals surface area contributed by atoms with Crippen molar-refractivity contribution in [3.63, 3.8) is 0 Å². The third-order valence-corrected chi connectivity index (χ3v) is 9.26. The zero-order valence-electron chi connectivity index (χ0n) is 22.5. The van der Waals surface area contributed by atoms with Gasteiger partial charge in [0.05, 0.1) is 22.5 Å². The molecular formula is C39H23NO2. The standard InChI is InChI=1S/C39H23NO2/c1-4-16-28-24(12-1)25-13-2-5-17-29(25)39(28)36-27(38-37(39)26-14-3-8-21-33(26)42-38)15-11-20-32(36)40-30-18-6-9-22-34(30)41-35-23-10-7-19-31(35)40/h1-23H. The summed E-state index contributed by atoms with van der Waals surface area (Å²) in [6, 6.07) is 49.6. The molecule has 0 saturated carbocycles. The van der Waals surface area contributed by atoms with Crippen LogP contribution in [-0.4, -0.2) is 0 Å². The Labute approximate surface area is 242 Å². The molecule has 3 nitrogen and oxygen atoms in total. The van der Waals surface area contributed by atoms with Crippen LogP contribution in [-0.2, 0) is 5.41 Å². The van der Waals surface area contributed by atoms with Crippen molar-refractivity contribution in [1.29, 1.82) is 0 Å². The van der Waals surface area contributed by atoms with Crippen molar-refractivity contribution in [2.45, 2.75) is 5.41 Å². The summed E-state index contributed by atoms with van der Waals surface area (Å²) in [5, 5.41) is 1.16. The third kappa shape index (κ3) is 2.53. The van der Waals surface area contributed by atoms with Crippen LogP contribution in [0.5, 0.6) is 11.5 Å². The zero-order chi connectivity index (χ0) is 27.4. The molecule has 0 amide bonds. The van der Waals surface area contributed by atoms with Gasteiger partial charge < -0.3 is 14.1 Å². The van der Waals surface area contributed by atoms with E-state index in [-0.39, 0.29) is 0 Å². The second kappa shape index (κ2) is 7.80. The molecule has 0 N–H and O–H groups in total. The maximum Gasteiger partial charge on any atom is 0.151 e. The van der Waals surface area contributed by atoms with Gasteiger partial charge in [0.15, 0.2) is 11.5 Å². The zero-order valence-corrected chi connectivity index (χ0v) is 22.5. The number of rotatable bonds is 1. The molecule has 0 fully saturated rings. The van der Waals surface area contributed by atoms with Gasteiger partial charge in [0.1, 0.15) is 11.3 Å². The van der Waals surface area contributed by atoms with Gasteiger partial charge in [-0.25, -0.2) is 0 Å². The third-order valence-electron chi connectivity index (χ3n) is 9.26. The fraction of sp³-hybridized carbons (Fsp3) is 0.0256. The summed E-state index contributed by atoms with van der Waals surface area (Å²) in [5.41, 5.74) is 12.3. The summed E-state index contributed by atoms with van der Waals surface area (Å²) in [6.45, 7) is 0. The van der Waals surface area contributed by atoms with E-state index in [1.54, 1.807) is 0 Å². The first-order valence-electron chi connectivity index (χ1n) is 14.4. The Kier molecular flexibility index (Phi) is 4.12. The molecule has 2 heterocycles. The van der Waals surface area contributed by atoms with Crippen LogP contribution in [0.2, 0.25) is 0 Å². The first kappa shape index (κ1) is 22.2. The Morgan fingerprint density at radius 3 is 1.71 bits per heavy atom. The molecule has 1 aliphatic heterocycles. The highest BCUT2D eigenvalue weighted by Gasteiger charge is 2.56. The van der Waals surface area contributed by atoms with E-state index in [4.69, 9.17) is 9.15 Å². The van der Waals surface area contributed by atoms with E-state index in [1.165, 1.54) is 33.4 Å². The summed E-state index contributed by atoms with van der Waals surface area (Å²) >= 11 is 0. The molecule has 1 spiro atoms. The van der Waals surface area contributed by atoms with Gasteiger partial charge in [-0.3, -0.25) is 0 Å². The monoisotopic (exact) mass is 537 g/mol. The van der Waals surface area contributed by atoms with Crippen molar-refractivity contribution in [2.75, 3.05) is 4.90 Å². The molecule has 42 heavy (non-hydrogen) atoms. The summed E-state index contributed by atoms with van der Waals surface area (Å²) in [5.74, 6) is 2.64. The highest BCUT2D eigenvalue weighted by molar-refractivity contribution is 6.05. The minimum absolute atomic E-state index is 0.552. The number of para-hydroxylation sites is 5. The predicted octanol–water partition coefficient (Wildman–Crippen LogP) is 10.4. The molecule has 7 aromatic rings. The van der Waals surface area contributed by atoms with Crippen molar-refractivity contribution in [2.24, 2.45) is 0 Å². The average Bonchev–Trinajstić information content (AvgIpc) is 3.67. The highest BCUT2D eigenvalue weighted by Crippen LogP contribution is 2.67.